The van der Waals surface area contributed by atoms with Crippen LogP contribution in [-0.4, -0.2) is 35.9 Å². The molecule has 1 heterocycles. The van der Waals surface area contributed by atoms with Crippen molar-refractivity contribution in [2.45, 2.75) is 51.0 Å². The van der Waals surface area contributed by atoms with Gasteiger partial charge in [0.1, 0.15) is 11.3 Å². The minimum Gasteiger partial charge on any atom is -0.313 e. The van der Waals surface area contributed by atoms with Crippen LogP contribution in [0.5, 0.6) is 0 Å². The van der Waals surface area contributed by atoms with Crippen molar-refractivity contribution in [3.05, 3.63) is 0 Å². The number of rotatable bonds is 6. The molecule has 0 radical (unpaired) electrons. The summed E-state index contributed by atoms with van der Waals surface area (Å²) < 4.78 is 0. The second kappa shape index (κ2) is 6.73. The average Bonchev–Trinajstić information content (AvgIpc) is 2.31. The average molecular weight is 237 g/mol. The second-order valence-electron chi connectivity index (χ2n) is 5.12. The first kappa shape index (κ1) is 14.1. The van der Waals surface area contributed by atoms with Crippen molar-refractivity contribution in [1.29, 1.82) is 5.26 Å². The molecule has 0 amide bonds. The van der Waals surface area contributed by atoms with Crippen LogP contribution in [-0.2, 0) is 4.79 Å². The van der Waals surface area contributed by atoms with E-state index in [1.54, 1.807) is 6.92 Å². The smallest absolute Gasteiger partial charge is 0.129 e. The molecule has 0 saturated carbocycles. The lowest BCUT2D eigenvalue weighted by Crippen LogP contribution is -2.49. The maximum atomic E-state index is 10.8. The summed E-state index contributed by atoms with van der Waals surface area (Å²) in [6, 6.07) is 2.20. The molecule has 0 aromatic carbocycles. The molecule has 1 aliphatic rings. The summed E-state index contributed by atoms with van der Waals surface area (Å²) in [7, 11) is 0. The van der Waals surface area contributed by atoms with Crippen LogP contribution < -0.4 is 5.73 Å². The summed E-state index contributed by atoms with van der Waals surface area (Å²) in [5, 5.41) is 8.91. The molecule has 96 valence electrons. The zero-order valence-electron chi connectivity index (χ0n) is 10.7. The minimum atomic E-state index is -0.592. The maximum Gasteiger partial charge on any atom is 0.129 e. The predicted octanol–water partition coefficient (Wildman–Crippen LogP) is 1.45. The highest BCUT2D eigenvalue weighted by molar-refractivity contribution is 5.75. The third-order valence-electron chi connectivity index (χ3n) is 3.47. The van der Waals surface area contributed by atoms with E-state index in [1.807, 2.05) is 0 Å². The Balaban J connectivity index is 2.07. The number of nitriles is 1. The number of likely N-dealkylation sites (tertiary alicyclic amines) is 1. The van der Waals surface area contributed by atoms with Gasteiger partial charge in [-0.05, 0) is 39.2 Å². The largest absolute Gasteiger partial charge is 0.313 e. The molecular formula is C13H23N3O. The van der Waals surface area contributed by atoms with Gasteiger partial charge in [0.2, 0.25) is 0 Å². The molecule has 1 rings (SSSR count). The lowest BCUT2D eigenvalue weighted by atomic mass is 9.90. The lowest BCUT2D eigenvalue weighted by Gasteiger charge is -2.34. The molecule has 4 heteroatoms. The quantitative estimate of drug-likeness (QED) is 0.710. The number of carbonyl (C=O) groups excluding carboxylic acids is 1. The minimum absolute atomic E-state index is 0.282. The topological polar surface area (TPSA) is 70.1 Å². The summed E-state index contributed by atoms with van der Waals surface area (Å²) in [6.45, 7) is 4.57. The Morgan fingerprint density at radius 2 is 2.00 bits per heavy atom. The Kier molecular flexibility index (Phi) is 5.60. The number of nitrogens with zero attached hydrogens (tertiary/aromatic N) is 2. The lowest BCUT2D eigenvalue weighted by molar-refractivity contribution is -0.117. The van der Waals surface area contributed by atoms with Gasteiger partial charge in [0, 0.05) is 19.5 Å². The molecule has 0 spiro atoms. The van der Waals surface area contributed by atoms with Crippen LogP contribution in [0, 0.1) is 11.3 Å². The first-order valence-corrected chi connectivity index (χ1v) is 6.48. The van der Waals surface area contributed by atoms with Crippen molar-refractivity contribution in [3.63, 3.8) is 0 Å². The van der Waals surface area contributed by atoms with Crippen molar-refractivity contribution >= 4 is 5.78 Å². The zero-order chi connectivity index (χ0) is 12.7. The van der Waals surface area contributed by atoms with Gasteiger partial charge in [0.25, 0.3) is 0 Å². The number of carbonyl (C=O) groups is 1. The van der Waals surface area contributed by atoms with E-state index in [9.17, 15) is 4.79 Å². The molecule has 1 fully saturated rings. The summed E-state index contributed by atoms with van der Waals surface area (Å²) in [4.78, 5) is 13.1. The molecular weight excluding hydrogens is 214 g/mol. The fourth-order valence-corrected chi connectivity index (χ4v) is 2.17. The second-order valence-corrected chi connectivity index (χ2v) is 5.12. The van der Waals surface area contributed by atoms with Gasteiger partial charge >= 0.3 is 0 Å². The van der Waals surface area contributed by atoms with Crippen LogP contribution in [0.2, 0.25) is 0 Å². The first-order chi connectivity index (χ1) is 8.06. The number of piperidine rings is 1. The molecule has 1 aliphatic heterocycles. The van der Waals surface area contributed by atoms with E-state index in [0.717, 1.165) is 51.7 Å². The van der Waals surface area contributed by atoms with Crippen molar-refractivity contribution in [3.8, 4) is 6.07 Å². The maximum absolute atomic E-state index is 10.8. The summed E-state index contributed by atoms with van der Waals surface area (Å²) in [6.07, 6.45) is 5.51. The van der Waals surface area contributed by atoms with Crippen LogP contribution >= 0.6 is 0 Å². The van der Waals surface area contributed by atoms with Gasteiger partial charge in [-0.3, -0.25) is 0 Å². The summed E-state index contributed by atoms with van der Waals surface area (Å²) in [5.74, 6) is 0.282. The number of ketones is 1. The molecule has 0 unspecified atom stereocenters. The van der Waals surface area contributed by atoms with Gasteiger partial charge in [-0.2, -0.15) is 5.26 Å². The van der Waals surface area contributed by atoms with Crippen molar-refractivity contribution in [2.24, 2.45) is 5.73 Å². The van der Waals surface area contributed by atoms with Crippen LogP contribution in [0.3, 0.4) is 0 Å². The highest BCUT2D eigenvalue weighted by Crippen LogP contribution is 2.19. The first-order valence-electron chi connectivity index (χ1n) is 6.48. The summed E-state index contributed by atoms with van der Waals surface area (Å²) in [5.41, 5.74) is 5.31. The molecule has 0 bridgehead atoms. The Labute approximate surface area is 104 Å². The van der Waals surface area contributed by atoms with Crippen LogP contribution in [0.4, 0.5) is 0 Å². The van der Waals surface area contributed by atoms with E-state index in [0.29, 0.717) is 6.42 Å². The standard InChI is InChI=1S/C13H23N3O/c1-12(17)5-3-2-4-8-16-9-6-13(15,11-14)7-10-16/h2-10,15H2,1H3. The van der Waals surface area contributed by atoms with E-state index in [4.69, 9.17) is 11.0 Å². The molecule has 0 aliphatic carbocycles. The molecule has 2 N–H and O–H groups in total. The molecule has 1 saturated heterocycles. The predicted molar refractivity (Wildman–Crippen MR) is 67.4 cm³/mol. The van der Waals surface area contributed by atoms with Gasteiger partial charge in [-0.25, -0.2) is 0 Å². The number of unbranched alkanes of at least 4 members (excludes halogenated alkanes) is 2. The summed E-state index contributed by atoms with van der Waals surface area (Å²) >= 11 is 0. The zero-order valence-corrected chi connectivity index (χ0v) is 10.7. The fourth-order valence-electron chi connectivity index (χ4n) is 2.17. The molecule has 4 nitrogen and oxygen atoms in total. The van der Waals surface area contributed by atoms with E-state index >= 15 is 0 Å². The third kappa shape index (κ3) is 5.29. The SMILES string of the molecule is CC(=O)CCCCCN1CCC(N)(C#N)CC1. The Hall–Kier alpha value is -0.920. The van der Waals surface area contributed by atoms with Crippen LogP contribution in [0.15, 0.2) is 0 Å². The number of nitrogens with two attached hydrogens (primary N) is 1. The van der Waals surface area contributed by atoms with Gasteiger partial charge in [0.05, 0.1) is 6.07 Å². The van der Waals surface area contributed by atoms with Crippen LogP contribution in [0.1, 0.15) is 45.4 Å². The highest BCUT2D eigenvalue weighted by Gasteiger charge is 2.29. The molecule has 17 heavy (non-hydrogen) atoms. The van der Waals surface area contributed by atoms with Crippen molar-refractivity contribution < 1.29 is 4.79 Å². The Bertz CT molecular complexity index is 288. The number of hydrogen-bond donors (Lipinski definition) is 1. The van der Waals surface area contributed by atoms with Gasteiger partial charge in [-0.1, -0.05) is 6.42 Å². The van der Waals surface area contributed by atoms with E-state index in [1.165, 1.54) is 0 Å². The van der Waals surface area contributed by atoms with E-state index in [-0.39, 0.29) is 5.78 Å². The number of Topliss-reactive ketones (excluding diaryl/α,β-unsaturated/α-hetero) is 1. The van der Waals surface area contributed by atoms with Gasteiger partial charge in [-0.15, -0.1) is 0 Å². The highest BCUT2D eigenvalue weighted by atomic mass is 16.1. The molecule has 0 aromatic heterocycles. The monoisotopic (exact) mass is 237 g/mol. The van der Waals surface area contributed by atoms with Crippen molar-refractivity contribution in [2.75, 3.05) is 19.6 Å². The molecule has 0 aromatic rings. The van der Waals surface area contributed by atoms with E-state index in [2.05, 4.69) is 11.0 Å². The van der Waals surface area contributed by atoms with Gasteiger partial charge < -0.3 is 15.4 Å². The van der Waals surface area contributed by atoms with Crippen molar-refractivity contribution in [1.82, 2.24) is 4.90 Å². The Morgan fingerprint density at radius 3 is 2.53 bits per heavy atom. The number of hydrogen-bond acceptors (Lipinski definition) is 4. The van der Waals surface area contributed by atoms with E-state index < -0.39 is 5.54 Å². The third-order valence-corrected chi connectivity index (χ3v) is 3.47. The fraction of sp³-hybridized carbons (Fsp3) is 0.846. The van der Waals surface area contributed by atoms with Crippen LogP contribution in [0.25, 0.3) is 0 Å². The molecule has 0 atom stereocenters. The van der Waals surface area contributed by atoms with Gasteiger partial charge in [0.15, 0.2) is 0 Å². The Morgan fingerprint density at radius 1 is 1.35 bits per heavy atom. The normalized spacial score (nSPS) is 19.8.